The van der Waals surface area contributed by atoms with Crippen molar-refractivity contribution in [3.05, 3.63) is 24.3 Å². The van der Waals surface area contributed by atoms with E-state index in [1.165, 1.54) is 353 Å². The number of unbranched alkanes of at least 4 members (excludes halogenated alkanes) is 58. The number of hydrogen-bond acceptors (Lipinski definition) is 5. The molecule has 0 bridgehead atoms. The van der Waals surface area contributed by atoms with Gasteiger partial charge >= 0.3 is 5.97 Å². The van der Waals surface area contributed by atoms with E-state index >= 15 is 0 Å². The second kappa shape index (κ2) is 71.8. The molecular formula is C76H147NO5. The predicted octanol–water partition coefficient (Wildman–Crippen LogP) is 24.5. The third kappa shape index (κ3) is 67.5. The van der Waals surface area contributed by atoms with Gasteiger partial charge in [-0.05, 0) is 57.8 Å². The van der Waals surface area contributed by atoms with Crippen LogP contribution < -0.4 is 5.32 Å². The fraction of sp³-hybridized carbons (Fsp3) is 0.921. The van der Waals surface area contributed by atoms with Crippen molar-refractivity contribution in [2.75, 3.05) is 13.2 Å². The number of rotatable bonds is 71. The Balaban J connectivity index is 3.36. The number of nitrogens with one attached hydrogen (secondary N) is 1. The number of carbonyl (C=O) groups is 2. The highest BCUT2D eigenvalue weighted by atomic mass is 16.5. The van der Waals surface area contributed by atoms with E-state index in [-0.39, 0.29) is 18.5 Å². The summed E-state index contributed by atoms with van der Waals surface area (Å²) in [5, 5.41) is 23.3. The van der Waals surface area contributed by atoms with Gasteiger partial charge in [0.05, 0.1) is 25.4 Å². The zero-order valence-corrected chi connectivity index (χ0v) is 55.8. The number of carbonyl (C=O) groups excluding carboxylic acids is 2. The summed E-state index contributed by atoms with van der Waals surface area (Å²) in [7, 11) is 0. The lowest BCUT2D eigenvalue weighted by atomic mass is 10.0. The van der Waals surface area contributed by atoms with Gasteiger partial charge in [-0.2, -0.15) is 0 Å². The summed E-state index contributed by atoms with van der Waals surface area (Å²) >= 11 is 0. The maximum Gasteiger partial charge on any atom is 0.305 e. The van der Waals surface area contributed by atoms with E-state index in [2.05, 4.69) is 31.3 Å². The minimum atomic E-state index is -0.843. The second-order valence-corrected chi connectivity index (χ2v) is 26.0. The monoisotopic (exact) mass is 1150 g/mol. The zero-order chi connectivity index (χ0) is 59.2. The van der Waals surface area contributed by atoms with E-state index in [9.17, 15) is 19.8 Å². The molecule has 0 aliphatic heterocycles. The molecule has 486 valence electrons. The molecule has 82 heavy (non-hydrogen) atoms. The lowest BCUT2D eigenvalue weighted by Crippen LogP contribution is -2.45. The third-order valence-corrected chi connectivity index (χ3v) is 17.7. The SMILES string of the molecule is CCCCC/C=C\CCCCCCCC(=O)OCCCCCCCCCCCCCCCCCCCCCCCCCCCCCCCCC(=O)NC(CO)C(O)/C=C/CCCCCCCCCCCCCCCCCCCCCCC. The van der Waals surface area contributed by atoms with E-state index in [4.69, 9.17) is 4.74 Å². The van der Waals surface area contributed by atoms with Crippen LogP contribution in [0.4, 0.5) is 0 Å². The molecule has 0 fully saturated rings. The number of ether oxygens (including phenoxy) is 1. The third-order valence-electron chi connectivity index (χ3n) is 17.7. The largest absolute Gasteiger partial charge is 0.466 e. The lowest BCUT2D eigenvalue weighted by molar-refractivity contribution is -0.143. The van der Waals surface area contributed by atoms with Crippen LogP contribution in [-0.4, -0.2) is 47.4 Å². The van der Waals surface area contributed by atoms with Crippen LogP contribution in [0.3, 0.4) is 0 Å². The van der Waals surface area contributed by atoms with Gasteiger partial charge in [-0.25, -0.2) is 0 Å². The van der Waals surface area contributed by atoms with Gasteiger partial charge in [0.1, 0.15) is 0 Å². The van der Waals surface area contributed by atoms with Crippen molar-refractivity contribution in [2.45, 2.75) is 437 Å². The molecule has 0 rings (SSSR count). The van der Waals surface area contributed by atoms with Crippen molar-refractivity contribution >= 4 is 11.9 Å². The van der Waals surface area contributed by atoms with Crippen LogP contribution in [0.5, 0.6) is 0 Å². The quantitative estimate of drug-likeness (QED) is 0.0320. The first kappa shape index (κ1) is 80.3. The Morgan fingerprint density at radius 3 is 0.890 bits per heavy atom. The maximum absolute atomic E-state index is 12.5. The average molecular weight is 1160 g/mol. The van der Waals surface area contributed by atoms with Crippen LogP contribution in [0, 0.1) is 0 Å². The van der Waals surface area contributed by atoms with Crippen LogP contribution in [0.25, 0.3) is 0 Å². The Hall–Kier alpha value is -1.66. The second-order valence-electron chi connectivity index (χ2n) is 26.0. The molecule has 2 unspecified atom stereocenters. The molecule has 0 saturated carbocycles. The molecule has 3 N–H and O–H groups in total. The number of esters is 1. The highest BCUT2D eigenvalue weighted by Crippen LogP contribution is 2.20. The molecule has 0 aromatic heterocycles. The molecule has 1 amide bonds. The Morgan fingerprint density at radius 2 is 0.573 bits per heavy atom. The Labute approximate surface area is 513 Å². The summed E-state index contributed by atoms with van der Waals surface area (Å²) in [5.41, 5.74) is 0. The van der Waals surface area contributed by atoms with Crippen LogP contribution in [0.1, 0.15) is 425 Å². The summed E-state index contributed by atoms with van der Waals surface area (Å²) in [4.78, 5) is 24.6. The van der Waals surface area contributed by atoms with E-state index in [0.29, 0.717) is 19.4 Å². The molecular weight excluding hydrogens is 1010 g/mol. The molecule has 0 aromatic carbocycles. The van der Waals surface area contributed by atoms with Gasteiger partial charge in [0, 0.05) is 12.8 Å². The first-order valence-electron chi connectivity index (χ1n) is 37.6. The van der Waals surface area contributed by atoms with Crippen LogP contribution >= 0.6 is 0 Å². The molecule has 0 aliphatic rings. The maximum atomic E-state index is 12.5. The molecule has 6 nitrogen and oxygen atoms in total. The first-order chi connectivity index (χ1) is 40.5. The summed E-state index contributed by atoms with van der Waals surface area (Å²) in [6.45, 7) is 4.92. The molecule has 0 heterocycles. The molecule has 6 heteroatoms. The van der Waals surface area contributed by atoms with Crippen LogP contribution in [-0.2, 0) is 14.3 Å². The van der Waals surface area contributed by atoms with E-state index in [1.807, 2.05) is 6.08 Å². The zero-order valence-electron chi connectivity index (χ0n) is 55.8. The lowest BCUT2D eigenvalue weighted by Gasteiger charge is -2.20. The van der Waals surface area contributed by atoms with E-state index in [1.54, 1.807) is 6.08 Å². The number of aliphatic hydroxyl groups excluding tert-OH is 2. The minimum absolute atomic E-state index is 0.0104. The highest BCUT2D eigenvalue weighted by molar-refractivity contribution is 5.76. The summed E-state index contributed by atoms with van der Waals surface area (Å²) in [6.07, 6.45) is 91.4. The highest BCUT2D eigenvalue weighted by Gasteiger charge is 2.18. The van der Waals surface area contributed by atoms with Gasteiger partial charge in [0.25, 0.3) is 0 Å². The van der Waals surface area contributed by atoms with Gasteiger partial charge in [-0.15, -0.1) is 0 Å². The van der Waals surface area contributed by atoms with Crippen molar-refractivity contribution in [1.29, 1.82) is 0 Å². The van der Waals surface area contributed by atoms with Crippen LogP contribution in [0.15, 0.2) is 24.3 Å². The molecule has 0 aromatic rings. The van der Waals surface area contributed by atoms with Gasteiger partial charge in [-0.1, -0.05) is 378 Å². The standard InChI is InChI=1S/C76H147NO5/c1-3-5-7-9-11-13-15-17-18-19-20-21-30-33-36-39-42-45-48-52-56-60-64-68-74(79)73(72-78)77-75(80)69-65-61-57-53-49-46-43-40-37-34-31-28-26-24-22-23-25-27-29-32-35-38-41-44-47-51-55-59-63-67-71-82-76(81)70-66-62-58-54-50-16-14-12-10-8-6-4-2/h12,14,64,68,73-74,78-79H,3-11,13,15-63,65-67,69-72H2,1-2H3,(H,77,80)/b14-12-,68-64+. The fourth-order valence-electron chi connectivity index (χ4n) is 12.0. The van der Waals surface area contributed by atoms with Crippen molar-refractivity contribution in [3.8, 4) is 0 Å². The first-order valence-corrected chi connectivity index (χ1v) is 37.6. The normalized spacial score (nSPS) is 12.6. The smallest absolute Gasteiger partial charge is 0.305 e. The van der Waals surface area contributed by atoms with Gasteiger partial charge in [0.15, 0.2) is 0 Å². The Kier molecular flexibility index (Phi) is 70.4. The predicted molar refractivity (Wildman–Crippen MR) is 361 cm³/mol. The molecule has 0 saturated heterocycles. The summed E-state index contributed by atoms with van der Waals surface area (Å²) in [5.74, 6) is -0.0488. The Morgan fingerprint density at radius 1 is 0.329 bits per heavy atom. The average Bonchev–Trinajstić information content (AvgIpc) is 3.48. The molecule has 2 atom stereocenters. The fourth-order valence-corrected chi connectivity index (χ4v) is 12.0. The topological polar surface area (TPSA) is 95.9 Å². The van der Waals surface area contributed by atoms with Gasteiger partial charge < -0.3 is 20.3 Å². The number of aliphatic hydroxyl groups is 2. The minimum Gasteiger partial charge on any atom is -0.466 e. The van der Waals surface area contributed by atoms with Crippen LogP contribution in [0.2, 0.25) is 0 Å². The molecule has 0 spiro atoms. The van der Waals surface area contributed by atoms with E-state index in [0.717, 1.165) is 44.9 Å². The number of amides is 1. The van der Waals surface area contributed by atoms with Crippen molar-refractivity contribution in [1.82, 2.24) is 5.32 Å². The Bertz CT molecular complexity index is 1280. The van der Waals surface area contributed by atoms with Gasteiger partial charge in [-0.3, -0.25) is 9.59 Å². The molecule has 0 aliphatic carbocycles. The van der Waals surface area contributed by atoms with Gasteiger partial charge in [0.2, 0.25) is 5.91 Å². The summed E-state index contributed by atoms with van der Waals surface area (Å²) in [6, 6.07) is -0.626. The van der Waals surface area contributed by atoms with Crippen molar-refractivity contribution in [2.24, 2.45) is 0 Å². The number of allylic oxidation sites excluding steroid dienone is 3. The van der Waals surface area contributed by atoms with Crippen molar-refractivity contribution in [3.63, 3.8) is 0 Å². The number of hydrogen-bond donors (Lipinski definition) is 3. The van der Waals surface area contributed by atoms with Crippen molar-refractivity contribution < 1.29 is 24.5 Å². The summed E-state index contributed by atoms with van der Waals surface area (Å²) < 4.78 is 5.48. The van der Waals surface area contributed by atoms with E-state index < -0.39 is 12.1 Å². The molecule has 0 radical (unpaired) electrons.